The standard InChI is InChI=1S/C29H39NO4/c1-22-13-9-10-17-27(31)29(5,33)20-11-7-8-14-24(3)21-26(34-6)28(32)30-25(4)19-18-23(2)16-12-15-22/h7-18,20-21,25,27,31,33H,19H2,1-6H3,(H,30,32)/b8-7-,13-9-,16-12-,17-10-,20-11-,22-15-,23-18-,24-14-,26-21+/t25-,27-,29+/m0/s1. The summed E-state index contributed by atoms with van der Waals surface area (Å²) >= 11 is 0. The lowest BCUT2D eigenvalue weighted by Gasteiger charge is -2.22. The molecule has 1 heterocycles. The van der Waals surface area contributed by atoms with E-state index in [2.05, 4.69) is 11.4 Å². The van der Waals surface area contributed by atoms with Crippen LogP contribution < -0.4 is 5.32 Å². The van der Waals surface area contributed by atoms with Crippen molar-refractivity contribution in [1.29, 1.82) is 0 Å². The van der Waals surface area contributed by atoms with Gasteiger partial charge in [0, 0.05) is 6.04 Å². The van der Waals surface area contributed by atoms with Crippen molar-refractivity contribution >= 4 is 5.91 Å². The van der Waals surface area contributed by atoms with Crippen molar-refractivity contribution < 1.29 is 19.7 Å². The lowest BCUT2D eigenvalue weighted by molar-refractivity contribution is -0.121. The highest BCUT2D eigenvalue weighted by Crippen LogP contribution is 2.14. The highest BCUT2D eigenvalue weighted by atomic mass is 16.5. The summed E-state index contributed by atoms with van der Waals surface area (Å²) in [4.78, 5) is 12.6. The molecule has 34 heavy (non-hydrogen) atoms. The molecule has 0 aromatic carbocycles. The van der Waals surface area contributed by atoms with E-state index < -0.39 is 11.7 Å². The number of aliphatic hydroxyl groups excluding tert-OH is 1. The van der Waals surface area contributed by atoms with Gasteiger partial charge in [-0.15, -0.1) is 0 Å². The lowest BCUT2D eigenvalue weighted by Crippen LogP contribution is -2.35. The zero-order chi connectivity index (χ0) is 25.6. The van der Waals surface area contributed by atoms with E-state index in [0.29, 0.717) is 6.42 Å². The number of allylic oxidation sites excluding steroid dienone is 14. The normalized spacial score (nSPS) is 36.9. The average molecular weight is 466 g/mol. The molecule has 0 aliphatic carbocycles. The number of nitrogens with one attached hydrogen (secondary N) is 1. The van der Waals surface area contributed by atoms with Crippen molar-refractivity contribution in [2.24, 2.45) is 0 Å². The molecule has 0 fully saturated rings. The lowest BCUT2D eigenvalue weighted by atomic mass is 9.98. The van der Waals surface area contributed by atoms with Crippen LogP contribution in [0.25, 0.3) is 0 Å². The van der Waals surface area contributed by atoms with E-state index in [9.17, 15) is 15.0 Å². The molecule has 0 saturated heterocycles. The van der Waals surface area contributed by atoms with Crippen molar-refractivity contribution in [2.45, 2.75) is 58.8 Å². The van der Waals surface area contributed by atoms with Crippen LogP contribution in [0.3, 0.4) is 0 Å². The molecular weight excluding hydrogens is 426 g/mol. The third kappa shape index (κ3) is 11.6. The van der Waals surface area contributed by atoms with Crippen molar-refractivity contribution in [3.63, 3.8) is 0 Å². The molecule has 5 heteroatoms. The van der Waals surface area contributed by atoms with Crippen LogP contribution in [-0.4, -0.2) is 41.0 Å². The Bertz CT molecular complexity index is 953. The topological polar surface area (TPSA) is 78.8 Å². The first-order valence-electron chi connectivity index (χ1n) is 11.4. The van der Waals surface area contributed by atoms with Gasteiger partial charge in [-0.25, -0.2) is 0 Å². The summed E-state index contributed by atoms with van der Waals surface area (Å²) in [6.07, 6.45) is 24.9. The maximum absolute atomic E-state index is 12.6. The monoisotopic (exact) mass is 465 g/mol. The second-order valence-corrected chi connectivity index (χ2v) is 8.61. The minimum Gasteiger partial charge on any atom is -0.491 e. The highest BCUT2D eigenvalue weighted by molar-refractivity contribution is 5.92. The zero-order valence-corrected chi connectivity index (χ0v) is 21.2. The fourth-order valence-electron chi connectivity index (χ4n) is 2.86. The molecule has 1 rings (SSSR count). The Balaban J connectivity index is 3.21. The molecule has 1 amide bonds. The molecule has 5 nitrogen and oxygen atoms in total. The molecular formula is C29H39NO4. The van der Waals surface area contributed by atoms with Crippen molar-refractivity contribution in [3.8, 4) is 0 Å². The second kappa shape index (κ2) is 14.9. The Labute approximate surface area is 204 Å². The predicted molar refractivity (Wildman–Crippen MR) is 141 cm³/mol. The molecule has 3 N–H and O–H groups in total. The van der Waals surface area contributed by atoms with E-state index in [1.54, 1.807) is 43.4 Å². The zero-order valence-electron chi connectivity index (χ0n) is 21.2. The molecule has 0 radical (unpaired) electrons. The number of amides is 1. The SMILES string of the molecule is CO/C1=C/C(C)=C\C=C/C=C\[C@@](C)(O)[C@@H](O)\C=C/C=C\C(C)=C/C=C\C(C)=C/C[C@H](C)NC1=O. The van der Waals surface area contributed by atoms with Crippen molar-refractivity contribution in [1.82, 2.24) is 5.32 Å². The number of ether oxygens (including phenoxy) is 1. The van der Waals surface area contributed by atoms with Gasteiger partial charge in [-0.1, -0.05) is 90.1 Å². The molecule has 1 aliphatic heterocycles. The number of methoxy groups -OCH3 is 1. The Morgan fingerprint density at radius 3 is 2.35 bits per heavy atom. The molecule has 0 aromatic rings. The van der Waals surface area contributed by atoms with Crippen LogP contribution in [0.2, 0.25) is 0 Å². The Morgan fingerprint density at radius 2 is 1.65 bits per heavy atom. The van der Waals surface area contributed by atoms with Gasteiger partial charge >= 0.3 is 0 Å². The largest absolute Gasteiger partial charge is 0.491 e. The highest BCUT2D eigenvalue weighted by Gasteiger charge is 2.24. The summed E-state index contributed by atoms with van der Waals surface area (Å²) in [6, 6.07) is -0.0515. The van der Waals surface area contributed by atoms with Gasteiger partial charge in [-0.05, 0) is 52.7 Å². The molecule has 0 spiro atoms. The van der Waals surface area contributed by atoms with E-state index in [-0.39, 0.29) is 17.7 Å². The van der Waals surface area contributed by atoms with Gasteiger partial charge in [0.15, 0.2) is 5.76 Å². The minimum absolute atomic E-state index is 0.0515. The number of hydrogen-bond acceptors (Lipinski definition) is 4. The predicted octanol–water partition coefficient (Wildman–Crippen LogP) is 5.16. The maximum atomic E-state index is 12.6. The number of carbonyl (C=O) groups is 1. The molecule has 3 atom stereocenters. The molecule has 0 bridgehead atoms. The van der Waals surface area contributed by atoms with Gasteiger partial charge in [-0.3, -0.25) is 4.79 Å². The molecule has 0 aromatic heterocycles. The third-order valence-electron chi connectivity index (χ3n) is 5.07. The number of hydrogen-bond donors (Lipinski definition) is 3. The van der Waals surface area contributed by atoms with E-state index in [0.717, 1.165) is 16.7 Å². The Morgan fingerprint density at radius 1 is 0.971 bits per heavy atom. The van der Waals surface area contributed by atoms with E-state index in [1.165, 1.54) is 13.2 Å². The van der Waals surface area contributed by atoms with Crippen LogP contribution >= 0.6 is 0 Å². The molecule has 184 valence electrons. The number of carbonyl (C=O) groups excluding carboxylic acids is 1. The Kier molecular flexibility index (Phi) is 12.6. The van der Waals surface area contributed by atoms with Gasteiger partial charge in [0.2, 0.25) is 0 Å². The van der Waals surface area contributed by atoms with Crippen LogP contribution in [0.5, 0.6) is 0 Å². The number of rotatable bonds is 1. The first kappa shape index (κ1) is 28.9. The van der Waals surface area contributed by atoms with Gasteiger partial charge in [-0.2, -0.15) is 0 Å². The van der Waals surface area contributed by atoms with E-state index in [4.69, 9.17) is 4.74 Å². The fourth-order valence-corrected chi connectivity index (χ4v) is 2.86. The second-order valence-electron chi connectivity index (χ2n) is 8.61. The summed E-state index contributed by atoms with van der Waals surface area (Å²) < 4.78 is 5.28. The van der Waals surface area contributed by atoms with E-state index in [1.807, 2.05) is 64.2 Å². The quantitative estimate of drug-likeness (QED) is 0.500. The van der Waals surface area contributed by atoms with Gasteiger partial charge < -0.3 is 20.3 Å². The van der Waals surface area contributed by atoms with E-state index >= 15 is 0 Å². The first-order valence-corrected chi connectivity index (χ1v) is 11.4. The molecule has 0 saturated carbocycles. The fraction of sp³-hybridized carbons (Fsp3) is 0.345. The molecule has 1 aliphatic rings. The first-order chi connectivity index (χ1) is 16.0. The summed E-state index contributed by atoms with van der Waals surface area (Å²) in [7, 11) is 1.47. The van der Waals surface area contributed by atoms with Crippen LogP contribution in [-0.2, 0) is 9.53 Å². The van der Waals surface area contributed by atoms with Gasteiger partial charge in [0.25, 0.3) is 5.91 Å². The Hall–Kier alpha value is -3.15. The van der Waals surface area contributed by atoms with Crippen LogP contribution in [0, 0.1) is 0 Å². The summed E-state index contributed by atoms with van der Waals surface area (Å²) in [5, 5.41) is 23.7. The molecule has 0 unspecified atom stereocenters. The third-order valence-corrected chi connectivity index (χ3v) is 5.07. The smallest absolute Gasteiger partial charge is 0.286 e. The minimum atomic E-state index is -1.42. The van der Waals surface area contributed by atoms with Crippen molar-refractivity contribution in [3.05, 3.63) is 108 Å². The van der Waals surface area contributed by atoms with Gasteiger partial charge in [0.05, 0.1) is 7.11 Å². The maximum Gasteiger partial charge on any atom is 0.286 e. The van der Waals surface area contributed by atoms with Crippen LogP contribution in [0.1, 0.15) is 41.0 Å². The van der Waals surface area contributed by atoms with Crippen LogP contribution in [0.4, 0.5) is 0 Å². The van der Waals surface area contributed by atoms with Crippen molar-refractivity contribution in [2.75, 3.05) is 7.11 Å². The number of aliphatic hydroxyl groups is 2. The van der Waals surface area contributed by atoms with Crippen LogP contribution in [0.15, 0.2) is 108 Å². The summed E-state index contributed by atoms with van der Waals surface area (Å²) in [6.45, 7) is 9.35. The summed E-state index contributed by atoms with van der Waals surface area (Å²) in [5.41, 5.74) is 1.54. The van der Waals surface area contributed by atoms with Gasteiger partial charge in [0.1, 0.15) is 11.7 Å². The summed E-state index contributed by atoms with van der Waals surface area (Å²) in [5.74, 6) is -0.0442. The average Bonchev–Trinajstić information content (AvgIpc) is 2.77.